The van der Waals surface area contributed by atoms with E-state index < -0.39 is 6.10 Å². The van der Waals surface area contributed by atoms with Gasteiger partial charge in [-0.3, -0.25) is 9.59 Å². The number of carbonyl (C=O) groups is 2. The first-order chi connectivity index (χ1) is 16.9. The van der Waals surface area contributed by atoms with Gasteiger partial charge >= 0.3 is 0 Å². The molecule has 3 aromatic carbocycles. The second-order valence-corrected chi connectivity index (χ2v) is 8.64. The van der Waals surface area contributed by atoms with Crippen LogP contribution < -0.4 is 10.1 Å². The van der Waals surface area contributed by atoms with E-state index in [1.807, 2.05) is 25.1 Å². The van der Waals surface area contributed by atoms with Gasteiger partial charge in [-0.05, 0) is 71.5 Å². The lowest BCUT2D eigenvalue weighted by atomic mass is 9.88. The largest absolute Gasteiger partial charge is 0.481 e. The van der Waals surface area contributed by atoms with Crippen LogP contribution in [0.4, 0.5) is 8.78 Å². The summed E-state index contributed by atoms with van der Waals surface area (Å²) in [7, 11) is 0. The van der Waals surface area contributed by atoms with Crippen LogP contribution in [-0.2, 0) is 22.6 Å². The van der Waals surface area contributed by atoms with Crippen LogP contribution in [0, 0.1) is 11.6 Å². The number of hydrogen-bond acceptors (Lipinski definition) is 3. The number of rotatable bonds is 7. The first-order valence-electron chi connectivity index (χ1n) is 11.7. The summed E-state index contributed by atoms with van der Waals surface area (Å²) in [6.07, 6.45) is 0.431. The molecule has 7 heteroatoms. The van der Waals surface area contributed by atoms with E-state index in [9.17, 15) is 18.4 Å². The summed E-state index contributed by atoms with van der Waals surface area (Å²) in [4.78, 5) is 27.0. The number of hydrogen-bond donors (Lipinski definition) is 1. The van der Waals surface area contributed by atoms with Gasteiger partial charge in [0.2, 0.25) is 5.91 Å². The minimum Gasteiger partial charge on any atom is -0.481 e. The standard InChI is InChI=1S/C28H28F2N2O3/c1-3-26(28(34)31-17-19-4-9-22(29)10-5-19)35-24-13-8-20-14-15-32(18(2)33)27(25(20)16-24)21-6-11-23(30)12-7-21/h4-13,16,26-27H,3,14-15,17H2,1-2H3,(H,31,34). The number of ether oxygens (including phenoxy) is 1. The van der Waals surface area contributed by atoms with Crippen molar-refractivity contribution in [2.45, 2.75) is 45.4 Å². The van der Waals surface area contributed by atoms with Gasteiger partial charge in [0.15, 0.2) is 6.10 Å². The van der Waals surface area contributed by atoms with E-state index in [4.69, 9.17) is 4.74 Å². The van der Waals surface area contributed by atoms with Crippen molar-refractivity contribution >= 4 is 11.8 Å². The van der Waals surface area contributed by atoms with E-state index in [0.29, 0.717) is 25.1 Å². The summed E-state index contributed by atoms with van der Waals surface area (Å²) in [6.45, 7) is 4.22. The lowest BCUT2D eigenvalue weighted by Gasteiger charge is -2.37. The molecule has 1 N–H and O–H groups in total. The molecule has 4 rings (SSSR count). The fourth-order valence-electron chi connectivity index (χ4n) is 4.40. The maximum Gasteiger partial charge on any atom is 0.261 e. The highest BCUT2D eigenvalue weighted by Crippen LogP contribution is 2.37. The third kappa shape index (κ3) is 5.67. The second-order valence-electron chi connectivity index (χ2n) is 8.64. The molecule has 0 saturated heterocycles. The zero-order chi connectivity index (χ0) is 24.9. The van der Waals surface area contributed by atoms with Crippen molar-refractivity contribution in [2.24, 2.45) is 0 Å². The Bertz CT molecular complexity index is 1200. The summed E-state index contributed by atoms with van der Waals surface area (Å²) in [5, 5.41) is 2.84. The van der Waals surface area contributed by atoms with E-state index in [1.165, 1.54) is 31.2 Å². The molecule has 3 aromatic rings. The van der Waals surface area contributed by atoms with Crippen LogP contribution in [0.25, 0.3) is 0 Å². The molecule has 0 fully saturated rings. The first kappa shape index (κ1) is 24.4. The first-order valence-corrected chi connectivity index (χ1v) is 11.7. The highest BCUT2D eigenvalue weighted by molar-refractivity contribution is 5.81. The molecule has 0 spiro atoms. The molecule has 2 atom stereocenters. The van der Waals surface area contributed by atoms with Gasteiger partial charge in [-0.2, -0.15) is 0 Å². The summed E-state index contributed by atoms with van der Waals surface area (Å²) in [5.74, 6) is -0.485. The Kier molecular flexibility index (Phi) is 7.44. The van der Waals surface area contributed by atoms with Gasteiger partial charge in [0.25, 0.3) is 5.91 Å². The van der Waals surface area contributed by atoms with Crippen LogP contribution in [0.3, 0.4) is 0 Å². The SMILES string of the molecule is CCC(Oc1ccc2c(c1)C(c1ccc(F)cc1)N(C(C)=O)CC2)C(=O)NCc1ccc(F)cc1. The average Bonchev–Trinajstić information content (AvgIpc) is 2.86. The van der Waals surface area contributed by atoms with Gasteiger partial charge in [-0.15, -0.1) is 0 Å². The number of nitrogens with zero attached hydrogens (tertiary/aromatic N) is 1. The molecule has 1 heterocycles. The van der Waals surface area contributed by atoms with Crippen LogP contribution >= 0.6 is 0 Å². The number of carbonyl (C=O) groups excluding carboxylic acids is 2. The molecule has 0 radical (unpaired) electrons. The molecular formula is C28H28F2N2O3. The predicted molar refractivity (Wildman–Crippen MR) is 129 cm³/mol. The number of benzene rings is 3. The zero-order valence-electron chi connectivity index (χ0n) is 19.8. The Morgan fingerprint density at radius 1 is 1.03 bits per heavy atom. The smallest absolute Gasteiger partial charge is 0.261 e. The summed E-state index contributed by atoms with van der Waals surface area (Å²) >= 11 is 0. The molecule has 0 aromatic heterocycles. The van der Waals surface area contributed by atoms with Crippen LogP contribution in [0.5, 0.6) is 5.75 Å². The molecule has 5 nitrogen and oxygen atoms in total. The minimum absolute atomic E-state index is 0.0668. The van der Waals surface area contributed by atoms with E-state index in [0.717, 1.165) is 22.3 Å². The molecule has 35 heavy (non-hydrogen) atoms. The Morgan fingerprint density at radius 3 is 2.31 bits per heavy atom. The predicted octanol–water partition coefficient (Wildman–Crippen LogP) is 4.93. The van der Waals surface area contributed by atoms with Gasteiger partial charge < -0.3 is 15.0 Å². The lowest BCUT2D eigenvalue weighted by molar-refractivity contribution is -0.131. The van der Waals surface area contributed by atoms with Crippen molar-refractivity contribution in [3.05, 3.63) is 101 Å². The second kappa shape index (κ2) is 10.7. The summed E-state index contributed by atoms with van der Waals surface area (Å²) in [5.41, 5.74) is 3.58. The topological polar surface area (TPSA) is 58.6 Å². The normalized spacial score (nSPS) is 15.8. The van der Waals surface area contributed by atoms with E-state index >= 15 is 0 Å². The molecule has 1 aliphatic rings. The molecule has 0 aliphatic carbocycles. The Morgan fingerprint density at radius 2 is 1.69 bits per heavy atom. The van der Waals surface area contributed by atoms with Crippen molar-refractivity contribution < 1.29 is 23.1 Å². The van der Waals surface area contributed by atoms with Gasteiger partial charge in [-0.25, -0.2) is 8.78 Å². The molecule has 2 amide bonds. The molecule has 2 unspecified atom stereocenters. The number of fused-ring (bicyclic) bond motifs is 1. The summed E-state index contributed by atoms with van der Waals surface area (Å²) < 4.78 is 32.7. The van der Waals surface area contributed by atoms with E-state index in [-0.39, 0.29) is 36.0 Å². The van der Waals surface area contributed by atoms with Crippen molar-refractivity contribution in [3.8, 4) is 5.75 Å². The van der Waals surface area contributed by atoms with Crippen molar-refractivity contribution in [3.63, 3.8) is 0 Å². The zero-order valence-corrected chi connectivity index (χ0v) is 19.8. The van der Waals surface area contributed by atoms with Crippen LogP contribution in [0.2, 0.25) is 0 Å². The monoisotopic (exact) mass is 478 g/mol. The van der Waals surface area contributed by atoms with Crippen molar-refractivity contribution in [2.75, 3.05) is 6.54 Å². The van der Waals surface area contributed by atoms with Gasteiger partial charge in [0.05, 0.1) is 6.04 Å². The van der Waals surface area contributed by atoms with Crippen LogP contribution in [0.15, 0.2) is 66.7 Å². The summed E-state index contributed by atoms with van der Waals surface area (Å²) in [6, 6.07) is 17.4. The molecule has 0 bridgehead atoms. The Balaban J connectivity index is 1.55. The molecule has 182 valence electrons. The van der Waals surface area contributed by atoms with E-state index in [1.54, 1.807) is 29.2 Å². The average molecular weight is 479 g/mol. The highest BCUT2D eigenvalue weighted by Gasteiger charge is 2.31. The Labute approximate surface area is 203 Å². The third-order valence-corrected chi connectivity index (χ3v) is 6.26. The minimum atomic E-state index is -0.717. The lowest BCUT2D eigenvalue weighted by Crippen LogP contribution is -2.39. The molecular weight excluding hydrogens is 450 g/mol. The highest BCUT2D eigenvalue weighted by atomic mass is 19.1. The quantitative estimate of drug-likeness (QED) is 0.524. The van der Waals surface area contributed by atoms with E-state index in [2.05, 4.69) is 5.32 Å². The van der Waals surface area contributed by atoms with Crippen LogP contribution in [-0.4, -0.2) is 29.4 Å². The Hall–Kier alpha value is -3.74. The van der Waals surface area contributed by atoms with Crippen molar-refractivity contribution in [1.82, 2.24) is 10.2 Å². The van der Waals surface area contributed by atoms with Gasteiger partial charge in [0.1, 0.15) is 17.4 Å². The number of nitrogens with one attached hydrogen (secondary N) is 1. The van der Waals surface area contributed by atoms with Gasteiger partial charge in [0, 0.05) is 20.0 Å². The number of halogens is 2. The fourth-order valence-corrected chi connectivity index (χ4v) is 4.40. The maximum atomic E-state index is 13.6. The third-order valence-electron chi connectivity index (χ3n) is 6.26. The molecule has 0 saturated carbocycles. The molecule has 1 aliphatic heterocycles. The van der Waals surface area contributed by atoms with Crippen molar-refractivity contribution in [1.29, 1.82) is 0 Å². The maximum absolute atomic E-state index is 13.6. The van der Waals surface area contributed by atoms with Gasteiger partial charge in [-0.1, -0.05) is 37.3 Å². The number of amides is 2. The fraction of sp³-hybridized carbons (Fsp3) is 0.286. The van der Waals surface area contributed by atoms with Crippen LogP contribution in [0.1, 0.15) is 48.6 Å².